The smallest absolute Gasteiger partial charge is 0.137 e. The molecule has 3 nitrogen and oxygen atoms in total. The average Bonchev–Trinajstić information content (AvgIpc) is 3.83. The van der Waals surface area contributed by atoms with Crippen molar-refractivity contribution in [2.75, 3.05) is 4.90 Å². The van der Waals surface area contributed by atoms with Crippen LogP contribution in [-0.2, 0) is 0 Å². The van der Waals surface area contributed by atoms with Crippen molar-refractivity contribution in [1.29, 1.82) is 0 Å². The molecule has 0 spiro atoms. The fourth-order valence-corrected chi connectivity index (χ4v) is 8.55. The third kappa shape index (κ3) is 5.68. The van der Waals surface area contributed by atoms with Gasteiger partial charge in [0.2, 0.25) is 0 Å². The van der Waals surface area contributed by atoms with E-state index in [4.69, 9.17) is 4.42 Å². The molecule has 2 heterocycles. The molecule has 0 aliphatic carbocycles. The summed E-state index contributed by atoms with van der Waals surface area (Å²) in [7, 11) is 0. The van der Waals surface area contributed by atoms with Crippen LogP contribution in [0.4, 0.5) is 17.1 Å². The second-order valence-electron chi connectivity index (χ2n) is 14.5. The number of benzene rings is 9. The monoisotopic (exact) mass is 728 g/mol. The molecule has 9 aromatic carbocycles. The second-order valence-corrected chi connectivity index (χ2v) is 14.5. The molecule has 0 N–H and O–H groups in total. The van der Waals surface area contributed by atoms with Crippen LogP contribution in [0.5, 0.6) is 0 Å². The number of aromatic nitrogens is 1. The zero-order valence-corrected chi connectivity index (χ0v) is 31.1. The lowest BCUT2D eigenvalue weighted by Gasteiger charge is -2.26. The Hall–Kier alpha value is -7.62. The van der Waals surface area contributed by atoms with Crippen LogP contribution in [0, 0.1) is 0 Å². The molecule has 0 unspecified atom stereocenters. The van der Waals surface area contributed by atoms with E-state index in [9.17, 15) is 0 Å². The maximum Gasteiger partial charge on any atom is 0.137 e. The number of rotatable bonds is 7. The first-order valence-electron chi connectivity index (χ1n) is 19.4. The summed E-state index contributed by atoms with van der Waals surface area (Å²) in [5.41, 5.74) is 15.5. The molecular formula is C54H36N2O. The van der Waals surface area contributed by atoms with Crippen molar-refractivity contribution in [3.05, 3.63) is 218 Å². The van der Waals surface area contributed by atoms with Crippen molar-refractivity contribution in [1.82, 2.24) is 4.57 Å². The number of hydrogen-bond acceptors (Lipinski definition) is 2. The number of nitrogens with zero attached hydrogens (tertiary/aromatic N) is 2. The summed E-state index contributed by atoms with van der Waals surface area (Å²) in [5, 5.41) is 4.63. The Bertz CT molecular complexity index is 3230. The highest BCUT2D eigenvalue weighted by molar-refractivity contribution is 6.17. The van der Waals surface area contributed by atoms with Gasteiger partial charge in [-0.1, -0.05) is 140 Å². The Balaban J connectivity index is 1.17. The molecule has 11 rings (SSSR count). The summed E-state index contributed by atoms with van der Waals surface area (Å²) in [6, 6.07) is 78.2. The first kappa shape index (κ1) is 32.8. The van der Waals surface area contributed by atoms with E-state index in [0.717, 1.165) is 61.3 Å². The summed E-state index contributed by atoms with van der Waals surface area (Å²) in [6.07, 6.45) is 0. The molecule has 0 bridgehead atoms. The van der Waals surface area contributed by atoms with Gasteiger partial charge in [0, 0.05) is 50.4 Å². The van der Waals surface area contributed by atoms with Crippen LogP contribution in [0.1, 0.15) is 0 Å². The first-order chi connectivity index (χ1) is 28.3. The number of para-hydroxylation sites is 2. The van der Waals surface area contributed by atoms with Crippen LogP contribution in [0.2, 0.25) is 0 Å². The highest BCUT2D eigenvalue weighted by Gasteiger charge is 2.21. The Morgan fingerprint density at radius 2 is 0.912 bits per heavy atom. The van der Waals surface area contributed by atoms with Crippen LogP contribution in [0.3, 0.4) is 0 Å². The van der Waals surface area contributed by atoms with Crippen molar-refractivity contribution in [3.63, 3.8) is 0 Å². The van der Waals surface area contributed by atoms with Crippen LogP contribution in [-0.4, -0.2) is 4.57 Å². The van der Waals surface area contributed by atoms with Crippen LogP contribution in [0.25, 0.3) is 82.8 Å². The fraction of sp³-hybridized carbons (Fsp3) is 0. The second kappa shape index (κ2) is 13.6. The summed E-state index contributed by atoms with van der Waals surface area (Å²) >= 11 is 0. The molecule has 3 heteroatoms. The molecule has 0 amide bonds. The summed E-state index contributed by atoms with van der Waals surface area (Å²) in [4.78, 5) is 2.36. The quantitative estimate of drug-likeness (QED) is 0.163. The summed E-state index contributed by atoms with van der Waals surface area (Å²) in [6.45, 7) is 0. The molecule has 2 aromatic heterocycles. The van der Waals surface area contributed by atoms with Crippen molar-refractivity contribution in [3.8, 4) is 39.1 Å². The van der Waals surface area contributed by atoms with Crippen molar-refractivity contribution < 1.29 is 4.42 Å². The van der Waals surface area contributed by atoms with Crippen LogP contribution in [0.15, 0.2) is 223 Å². The van der Waals surface area contributed by atoms with Gasteiger partial charge in [0.1, 0.15) is 11.2 Å². The van der Waals surface area contributed by atoms with E-state index in [0.29, 0.717) is 0 Å². The minimum absolute atomic E-state index is 0.861. The van der Waals surface area contributed by atoms with Crippen molar-refractivity contribution >= 4 is 60.8 Å². The van der Waals surface area contributed by atoms with E-state index in [1.807, 2.05) is 12.1 Å². The zero-order chi connectivity index (χ0) is 37.7. The van der Waals surface area contributed by atoms with Gasteiger partial charge in [0.25, 0.3) is 0 Å². The van der Waals surface area contributed by atoms with Crippen molar-refractivity contribution in [2.24, 2.45) is 0 Å². The van der Waals surface area contributed by atoms with Crippen LogP contribution >= 0.6 is 0 Å². The predicted molar refractivity (Wildman–Crippen MR) is 239 cm³/mol. The lowest BCUT2D eigenvalue weighted by molar-refractivity contribution is 0.669. The third-order valence-corrected chi connectivity index (χ3v) is 11.2. The van der Waals surface area contributed by atoms with E-state index in [2.05, 4.69) is 216 Å². The molecule has 57 heavy (non-hydrogen) atoms. The predicted octanol–water partition coefficient (Wildman–Crippen LogP) is 15.2. The molecular weight excluding hydrogens is 693 g/mol. The van der Waals surface area contributed by atoms with Gasteiger partial charge < -0.3 is 13.9 Å². The Labute approximate surface area is 330 Å². The molecule has 11 aromatic rings. The maximum atomic E-state index is 6.46. The van der Waals surface area contributed by atoms with Gasteiger partial charge in [-0.2, -0.15) is 0 Å². The standard InChI is InChI=1S/C54H36N2O/c1-4-15-37(16-5-1)39-19-12-21-41(33-39)46-26-14-27-51-54(46)49-35-44(30-32-50(49)56(51)42-22-8-3-9-23-42)55(43-24-13-20-40(34-43)38-17-6-2-7-18-38)45-29-31-48-47-25-10-11-28-52(47)57-53(48)36-45/h1-36H. The largest absolute Gasteiger partial charge is 0.456 e. The van der Waals surface area contributed by atoms with Gasteiger partial charge >= 0.3 is 0 Å². The first-order valence-corrected chi connectivity index (χ1v) is 19.4. The maximum absolute atomic E-state index is 6.46. The van der Waals surface area contributed by atoms with E-state index in [-0.39, 0.29) is 0 Å². The molecule has 0 aliphatic rings. The number of furan rings is 1. The third-order valence-electron chi connectivity index (χ3n) is 11.2. The van der Waals surface area contributed by atoms with Gasteiger partial charge in [-0.3, -0.25) is 0 Å². The Morgan fingerprint density at radius 3 is 1.70 bits per heavy atom. The van der Waals surface area contributed by atoms with E-state index in [1.165, 1.54) is 38.6 Å². The lowest BCUT2D eigenvalue weighted by atomic mass is 9.95. The molecule has 0 fully saturated rings. The highest BCUT2D eigenvalue weighted by atomic mass is 16.3. The molecule has 0 saturated carbocycles. The molecule has 0 atom stereocenters. The average molecular weight is 729 g/mol. The number of hydrogen-bond donors (Lipinski definition) is 0. The molecule has 0 radical (unpaired) electrons. The summed E-state index contributed by atoms with van der Waals surface area (Å²) < 4.78 is 8.87. The minimum atomic E-state index is 0.861. The van der Waals surface area contributed by atoms with E-state index < -0.39 is 0 Å². The SMILES string of the molecule is c1ccc(-c2cccc(-c3cccc4c3c3cc(N(c5cccc(-c6ccccc6)c5)c5ccc6c(c5)oc5ccccc56)ccc3n4-c3ccccc3)c2)cc1. The van der Waals surface area contributed by atoms with E-state index >= 15 is 0 Å². The molecule has 268 valence electrons. The zero-order valence-electron chi connectivity index (χ0n) is 31.1. The minimum Gasteiger partial charge on any atom is -0.456 e. The van der Waals surface area contributed by atoms with E-state index in [1.54, 1.807) is 0 Å². The number of anilines is 3. The van der Waals surface area contributed by atoms with Gasteiger partial charge in [-0.25, -0.2) is 0 Å². The number of fused-ring (bicyclic) bond motifs is 6. The Morgan fingerprint density at radius 1 is 0.333 bits per heavy atom. The van der Waals surface area contributed by atoms with Gasteiger partial charge in [-0.05, 0) is 106 Å². The highest BCUT2D eigenvalue weighted by Crippen LogP contribution is 2.44. The fourth-order valence-electron chi connectivity index (χ4n) is 8.55. The lowest BCUT2D eigenvalue weighted by Crippen LogP contribution is -2.10. The Kier molecular flexibility index (Phi) is 7.82. The molecule has 0 saturated heterocycles. The van der Waals surface area contributed by atoms with Gasteiger partial charge in [0.05, 0.1) is 11.0 Å². The van der Waals surface area contributed by atoms with Crippen molar-refractivity contribution in [2.45, 2.75) is 0 Å². The van der Waals surface area contributed by atoms with Crippen LogP contribution < -0.4 is 4.90 Å². The molecule has 0 aliphatic heterocycles. The summed E-state index contributed by atoms with van der Waals surface area (Å²) in [5.74, 6) is 0. The van der Waals surface area contributed by atoms with Gasteiger partial charge in [-0.15, -0.1) is 0 Å². The normalized spacial score (nSPS) is 11.5. The topological polar surface area (TPSA) is 21.3 Å². The van der Waals surface area contributed by atoms with Gasteiger partial charge in [0.15, 0.2) is 0 Å².